The Hall–Kier alpha value is -6.72. The second-order valence-corrected chi connectivity index (χ2v) is 22.3. The molecule has 71 heavy (non-hydrogen) atoms. The number of nitriles is 1. The Kier molecular flexibility index (Phi) is 11.7. The number of aryl methyl sites for hydroxylation is 1. The first-order valence-electron chi connectivity index (χ1n) is 25.5. The van der Waals surface area contributed by atoms with Crippen LogP contribution >= 0.6 is 0 Å². The Bertz CT molecular complexity index is 3030. The molecule has 5 aliphatic rings. The molecule has 11 rings (SSSR count). The highest BCUT2D eigenvalue weighted by molar-refractivity contribution is 5.98. The van der Waals surface area contributed by atoms with Crippen LogP contribution in [0.4, 0.5) is 5.69 Å². The van der Waals surface area contributed by atoms with Gasteiger partial charge in [-0.15, -0.1) is 0 Å². The number of nitrogens with zero attached hydrogens (tertiary/aromatic N) is 9. The van der Waals surface area contributed by atoms with E-state index in [1.54, 1.807) is 36.9 Å². The Morgan fingerprint density at radius 1 is 0.887 bits per heavy atom. The summed E-state index contributed by atoms with van der Waals surface area (Å²) in [6.45, 7) is 15.8. The molecule has 2 amide bonds. The molecule has 3 aliphatic heterocycles. The molecule has 6 aromatic rings. The molecular formula is C57H66N10O4. The Balaban J connectivity index is 0.687. The molecule has 1 N–H and O–H groups in total. The van der Waals surface area contributed by atoms with E-state index in [-0.39, 0.29) is 34.8 Å². The number of methoxy groups -OCH3 is 1. The molecule has 1 spiro atoms. The van der Waals surface area contributed by atoms with E-state index in [9.17, 15) is 14.9 Å². The van der Waals surface area contributed by atoms with Crippen molar-refractivity contribution in [2.75, 3.05) is 44.7 Å². The number of carbonyl (C=O) groups is 2. The van der Waals surface area contributed by atoms with Crippen molar-refractivity contribution in [1.82, 2.24) is 39.7 Å². The standard InChI is InChI=1S/C57H66N10O4/c1-36(68)65-26-21-49-47(33-65)51(45-10-8-9-38-27-48(59-31-46(38)45)40-30-60-63(6)32-40)62-67(49)43-19-24-64(25-20-43)42-17-22-57(23-18-42)34-66(35-57)41-14-11-37(12-15-41)52(69)61-53-55(2,3)54(56(53,4)5)71-44-16-13-39(29-58)50(28-44)70-7/h8-16,27-28,30-32,42-43,53-54H,17-26,33-35H2,1-7H3,(H,61,69). The predicted octanol–water partition coefficient (Wildman–Crippen LogP) is 8.98. The van der Waals surface area contributed by atoms with E-state index < -0.39 is 0 Å². The van der Waals surface area contributed by atoms with E-state index in [4.69, 9.17) is 19.6 Å². The molecule has 368 valence electrons. The number of amides is 2. The summed E-state index contributed by atoms with van der Waals surface area (Å²) in [5, 5.41) is 24.7. The molecule has 2 saturated carbocycles. The lowest BCUT2D eigenvalue weighted by atomic mass is 9.49. The van der Waals surface area contributed by atoms with Gasteiger partial charge in [-0.1, -0.05) is 45.9 Å². The van der Waals surface area contributed by atoms with E-state index in [0.717, 1.165) is 85.3 Å². The third kappa shape index (κ3) is 8.29. The lowest BCUT2D eigenvalue weighted by Gasteiger charge is -2.63. The number of carbonyl (C=O) groups excluding carboxylic acids is 2. The summed E-state index contributed by atoms with van der Waals surface area (Å²) in [6, 6.07) is 25.0. The second-order valence-electron chi connectivity index (χ2n) is 22.3. The number of nitrogens with one attached hydrogen (secondary N) is 1. The first kappa shape index (κ1) is 46.7. The van der Waals surface area contributed by atoms with Crippen molar-refractivity contribution in [2.45, 2.75) is 110 Å². The van der Waals surface area contributed by atoms with Crippen LogP contribution in [0.3, 0.4) is 0 Å². The average molecular weight is 955 g/mol. The largest absolute Gasteiger partial charge is 0.495 e. The third-order valence-electron chi connectivity index (χ3n) is 17.1. The molecule has 2 saturated heterocycles. The Labute approximate surface area is 416 Å². The molecule has 0 bridgehead atoms. The molecule has 3 aromatic carbocycles. The molecule has 14 nitrogen and oxygen atoms in total. The summed E-state index contributed by atoms with van der Waals surface area (Å²) >= 11 is 0. The summed E-state index contributed by atoms with van der Waals surface area (Å²) in [7, 11) is 3.47. The van der Waals surface area contributed by atoms with Crippen molar-refractivity contribution >= 4 is 28.3 Å². The van der Waals surface area contributed by atoms with Crippen molar-refractivity contribution in [3.8, 4) is 40.1 Å². The van der Waals surface area contributed by atoms with Crippen LogP contribution in [0.5, 0.6) is 11.5 Å². The Morgan fingerprint density at radius 3 is 2.31 bits per heavy atom. The number of likely N-dealkylation sites (tertiary alicyclic amines) is 1. The minimum Gasteiger partial charge on any atom is -0.495 e. The zero-order valence-corrected chi connectivity index (χ0v) is 42.2. The smallest absolute Gasteiger partial charge is 0.251 e. The highest BCUT2D eigenvalue weighted by Gasteiger charge is 2.64. The highest BCUT2D eigenvalue weighted by atomic mass is 16.5. The quantitative estimate of drug-likeness (QED) is 0.141. The SMILES string of the molecule is COc1cc(OC2C(C)(C)C(NC(=O)c3ccc(N4CC5(CCC(N6CCC(n7nc(-c8cccc9cc(-c%10cnn(C)c%10)ncc89)c8c7CCN(C(C)=O)C8)CC6)CC5)C4)cc3)C2(C)C)ccc1C#N. The van der Waals surface area contributed by atoms with E-state index in [0.29, 0.717) is 46.7 Å². The van der Waals surface area contributed by atoms with Crippen LogP contribution in [-0.2, 0) is 24.8 Å². The molecule has 4 fully saturated rings. The number of hydrogen-bond acceptors (Lipinski definition) is 10. The van der Waals surface area contributed by atoms with E-state index in [2.05, 4.69) is 95.1 Å². The summed E-state index contributed by atoms with van der Waals surface area (Å²) in [6.07, 6.45) is 13.6. The summed E-state index contributed by atoms with van der Waals surface area (Å²) in [5.41, 5.74) is 8.38. The van der Waals surface area contributed by atoms with Gasteiger partial charge in [-0.2, -0.15) is 15.5 Å². The molecule has 0 unspecified atom stereocenters. The van der Waals surface area contributed by atoms with Gasteiger partial charge in [0.25, 0.3) is 5.91 Å². The maximum Gasteiger partial charge on any atom is 0.251 e. The fourth-order valence-corrected chi connectivity index (χ4v) is 13.5. The van der Waals surface area contributed by atoms with Gasteiger partial charge in [-0.25, -0.2) is 0 Å². The van der Waals surface area contributed by atoms with Gasteiger partial charge in [0.2, 0.25) is 5.91 Å². The van der Waals surface area contributed by atoms with Gasteiger partial charge in [-0.05, 0) is 86.4 Å². The molecular weight excluding hydrogens is 889 g/mol. The van der Waals surface area contributed by atoms with Crippen molar-refractivity contribution < 1.29 is 19.1 Å². The highest BCUT2D eigenvalue weighted by Crippen LogP contribution is 2.56. The van der Waals surface area contributed by atoms with Crippen LogP contribution in [0, 0.1) is 27.6 Å². The van der Waals surface area contributed by atoms with Gasteiger partial charge >= 0.3 is 0 Å². The number of hydrogen-bond donors (Lipinski definition) is 1. The summed E-state index contributed by atoms with van der Waals surface area (Å²) < 4.78 is 16.1. The number of anilines is 1. The van der Waals surface area contributed by atoms with Crippen LogP contribution in [0.25, 0.3) is 33.3 Å². The van der Waals surface area contributed by atoms with Gasteiger partial charge in [0.05, 0.1) is 36.3 Å². The summed E-state index contributed by atoms with van der Waals surface area (Å²) in [5.74, 6) is 1.15. The average Bonchev–Trinajstić information content (AvgIpc) is 3.99. The van der Waals surface area contributed by atoms with Crippen molar-refractivity contribution in [3.05, 3.63) is 108 Å². The van der Waals surface area contributed by atoms with Gasteiger partial charge < -0.3 is 29.5 Å². The van der Waals surface area contributed by atoms with E-state index in [1.165, 1.54) is 42.6 Å². The van der Waals surface area contributed by atoms with Gasteiger partial charge in [0, 0.05) is 145 Å². The maximum absolute atomic E-state index is 13.7. The van der Waals surface area contributed by atoms with Crippen LogP contribution in [-0.4, -0.2) is 104 Å². The fourth-order valence-electron chi connectivity index (χ4n) is 13.5. The first-order valence-corrected chi connectivity index (χ1v) is 25.5. The number of pyridine rings is 1. The monoisotopic (exact) mass is 955 g/mol. The second kappa shape index (κ2) is 17.8. The zero-order chi connectivity index (χ0) is 49.4. The topological polar surface area (TPSA) is 147 Å². The van der Waals surface area contributed by atoms with Crippen molar-refractivity contribution in [2.24, 2.45) is 23.3 Å². The molecule has 14 heteroatoms. The van der Waals surface area contributed by atoms with Gasteiger partial charge in [-0.3, -0.25) is 23.9 Å². The van der Waals surface area contributed by atoms with Crippen molar-refractivity contribution in [1.29, 1.82) is 5.26 Å². The Morgan fingerprint density at radius 2 is 1.63 bits per heavy atom. The van der Waals surface area contributed by atoms with Crippen molar-refractivity contribution in [3.63, 3.8) is 0 Å². The molecule has 6 heterocycles. The number of benzene rings is 3. The fraction of sp³-hybridized carbons (Fsp3) is 0.474. The van der Waals surface area contributed by atoms with Crippen LogP contribution < -0.4 is 19.7 Å². The summed E-state index contributed by atoms with van der Waals surface area (Å²) in [4.78, 5) is 38.5. The molecule has 0 atom stereocenters. The lowest BCUT2D eigenvalue weighted by Crippen LogP contribution is -2.74. The van der Waals surface area contributed by atoms with E-state index >= 15 is 0 Å². The minimum absolute atomic E-state index is 0.0755. The normalized spacial score (nSPS) is 21.8. The number of aromatic nitrogens is 5. The lowest BCUT2D eigenvalue weighted by molar-refractivity contribution is -0.164. The van der Waals surface area contributed by atoms with E-state index in [1.807, 2.05) is 42.7 Å². The third-order valence-corrected chi connectivity index (χ3v) is 17.1. The predicted molar refractivity (Wildman–Crippen MR) is 274 cm³/mol. The zero-order valence-electron chi connectivity index (χ0n) is 42.2. The number of ether oxygens (including phenoxy) is 2. The number of piperidine rings is 1. The minimum atomic E-state index is -0.334. The number of fused-ring (bicyclic) bond motifs is 2. The molecule has 2 aliphatic carbocycles. The molecule has 0 radical (unpaired) electrons. The first-order chi connectivity index (χ1) is 34.1. The number of rotatable bonds is 10. The maximum atomic E-state index is 13.7. The molecule has 3 aromatic heterocycles. The van der Waals surface area contributed by atoms with Crippen LogP contribution in [0.1, 0.15) is 106 Å². The van der Waals surface area contributed by atoms with Gasteiger partial charge in [0.1, 0.15) is 23.7 Å². The van der Waals surface area contributed by atoms with Crippen LogP contribution in [0.2, 0.25) is 0 Å². The van der Waals surface area contributed by atoms with Crippen LogP contribution in [0.15, 0.2) is 85.3 Å². The van der Waals surface area contributed by atoms with Gasteiger partial charge in [0.15, 0.2) is 0 Å².